The van der Waals surface area contributed by atoms with Gasteiger partial charge >= 0.3 is 0 Å². The van der Waals surface area contributed by atoms with Crippen molar-refractivity contribution in [1.82, 2.24) is 0 Å². The molecule has 11 saturated heterocycles. The molecule has 55 atom stereocenters. The maximum Gasteiger partial charge on any atom is 0.187 e. The van der Waals surface area contributed by atoms with Gasteiger partial charge in [0.25, 0.3) is 0 Å². The van der Waals surface area contributed by atoms with Crippen molar-refractivity contribution in [2.75, 3.05) is 72.7 Å². The Morgan fingerprint density at radius 1 is 0.139 bits per heavy atom. The van der Waals surface area contributed by atoms with Gasteiger partial charge in [0, 0.05) is 0 Å². The average Bonchev–Trinajstić information content (AvgIpc) is 0.758. The monoisotopic (exact) mass is 1800 g/mol. The second-order valence-corrected chi connectivity index (χ2v) is 30.9. The first-order chi connectivity index (χ1) is 57.8. The zero-order valence-electron chi connectivity index (χ0n) is 63.8. The molecule has 11 aliphatic heterocycles. The van der Waals surface area contributed by atoms with Gasteiger partial charge in [0.15, 0.2) is 69.2 Å². The van der Waals surface area contributed by atoms with Crippen molar-refractivity contribution in [1.29, 1.82) is 0 Å². The van der Waals surface area contributed by atoms with E-state index in [1.165, 1.54) is 0 Å². The van der Waals surface area contributed by atoms with Crippen LogP contribution in [0.1, 0.15) is 0 Å². The summed E-state index contributed by atoms with van der Waals surface area (Å²) in [6.45, 7) is -12.1. The van der Waals surface area contributed by atoms with Gasteiger partial charge in [-0.05, 0) is 0 Å². The average molecular weight is 1800 g/mol. The highest BCUT2D eigenvalue weighted by Gasteiger charge is 2.62. The lowest BCUT2D eigenvalue weighted by atomic mass is 9.95. The van der Waals surface area contributed by atoms with Gasteiger partial charge in [-0.2, -0.15) is 0 Å². The molecule has 56 heteroatoms. The van der Waals surface area contributed by atoms with Crippen LogP contribution >= 0.6 is 0 Å². The molecule has 11 heterocycles. The molecule has 712 valence electrons. The van der Waals surface area contributed by atoms with E-state index in [1.54, 1.807) is 0 Å². The Morgan fingerprint density at radius 3 is 0.508 bits per heavy atom. The van der Waals surface area contributed by atoms with E-state index in [9.17, 15) is 179 Å². The Balaban J connectivity index is 0.934. The molecule has 122 heavy (non-hydrogen) atoms. The Labute approximate surface area is 687 Å². The molecule has 0 aromatic rings. The fraction of sp³-hybridized carbons (Fsp3) is 1.00. The lowest BCUT2D eigenvalue weighted by Crippen LogP contribution is -2.69. The van der Waals surface area contributed by atoms with Crippen molar-refractivity contribution >= 4 is 0 Å². The van der Waals surface area contributed by atoms with Gasteiger partial charge < -0.3 is 278 Å². The predicted molar refractivity (Wildman–Crippen MR) is 362 cm³/mol. The Morgan fingerprint density at radius 2 is 0.287 bits per heavy atom. The van der Waals surface area contributed by atoms with Gasteiger partial charge in [-0.3, -0.25) is 0 Å². The lowest BCUT2D eigenvalue weighted by molar-refractivity contribution is -0.424. The van der Waals surface area contributed by atoms with Crippen molar-refractivity contribution in [2.45, 2.75) is 338 Å². The number of hydrogen-bond donors (Lipinski definition) is 35. The van der Waals surface area contributed by atoms with Crippen molar-refractivity contribution in [3.63, 3.8) is 0 Å². The third-order valence-corrected chi connectivity index (χ3v) is 23.0. The molecule has 0 spiro atoms. The number of aliphatic hydroxyl groups is 35. The third-order valence-electron chi connectivity index (χ3n) is 23.0. The highest BCUT2D eigenvalue weighted by atomic mass is 16.8. The van der Waals surface area contributed by atoms with E-state index in [0.29, 0.717) is 0 Å². The van der Waals surface area contributed by atoms with Crippen LogP contribution in [0.15, 0.2) is 0 Å². The van der Waals surface area contributed by atoms with Crippen LogP contribution in [0.5, 0.6) is 0 Å². The van der Waals surface area contributed by atoms with Crippen LogP contribution < -0.4 is 0 Å². The molecule has 0 saturated carbocycles. The van der Waals surface area contributed by atoms with Gasteiger partial charge in [0.05, 0.1) is 72.7 Å². The molecule has 56 nitrogen and oxygen atoms in total. The second kappa shape index (κ2) is 43.4. The quantitative estimate of drug-likeness (QED) is 0.0306. The molecule has 0 amide bonds. The molecule has 0 aromatic carbocycles. The summed E-state index contributed by atoms with van der Waals surface area (Å²) in [5.41, 5.74) is 0. The number of ether oxygens (including phenoxy) is 21. The van der Waals surface area contributed by atoms with Gasteiger partial charge in [0.2, 0.25) is 0 Å². The normalized spacial score (nSPS) is 53.8. The highest BCUT2D eigenvalue weighted by Crippen LogP contribution is 2.42. The minimum absolute atomic E-state index is 0.902. The van der Waals surface area contributed by atoms with Crippen molar-refractivity contribution in [3.8, 4) is 0 Å². The maximum atomic E-state index is 12.5. The van der Waals surface area contributed by atoms with Crippen LogP contribution in [-0.2, 0) is 99.5 Å². The molecule has 35 N–H and O–H groups in total. The topological polar surface area (TPSA) is 902 Å². The van der Waals surface area contributed by atoms with Gasteiger partial charge in [-0.1, -0.05) is 0 Å². The zero-order valence-corrected chi connectivity index (χ0v) is 63.8. The fourth-order valence-electron chi connectivity index (χ4n) is 15.5. The van der Waals surface area contributed by atoms with Crippen molar-refractivity contribution in [3.05, 3.63) is 0 Å². The van der Waals surface area contributed by atoms with Crippen LogP contribution in [-0.4, -0.2) is 589 Å². The first kappa shape index (κ1) is 100. The maximum absolute atomic E-state index is 12.5. The Hall–Kier alpha value is -2.24. The first-order valence-corrected chi connectivity index (χ1v) is 38.7. The Kier molecular flexibility index (Phi) is 35.7. The van der Waals surface area contributed by atoms with Crippen LogP contribution in [0.4, 0.5) is 0 Å². The molecule has 11 rings (SSSR count). The number of hydrogen-bond acceptors (Lipinski definition) is 56. The molecular formula is C66H112O56. The smallest absolute Gasteiger partial charge is 0.187 e. The summed E-state index contributed by atoms with van der Waals surface area (Å²) in [6.07, 6.45) is -123. The number of rotatable bonds is 31. The van der Waals surface area contributed by atoms with E-state index in [-0.39, 0.29) is 0 Å². The van der Waals surface area contributed by atoms with E-state index in [1.807, 2.05) is 0 Å². The summed E-state index contributed by atoms with van der Waals surface area (Å²) in [5, 5.41) is 386. The van der Waals surface area contributed by atoms with E-state index < -0.39 is 410 Å². The molecule has 0 aromatic heterocycles. The summed E-state index contributed by atoms with van der Waals surface area (Å²) < 4.78 is 122. The summed E-state index contributed by atoms with van der Waals surface area (Å²) >= 11 is 0. The van der Waals surface area contributed by atoms with Crippen LogP contribution in [0, 0.1) is 0 Å². The molecule has 11 aliphatic rings. The highest BCUT2D eigenvalue weighted by molar-refractivity contribution is 5.04. The Bertz CT molecular complexity index is 3120. The van der Waals surface area contributed by atoms with E-state index in [2.05, 4.69) is 0 Å². The summed E-state index contributed by atoms with van der Waals surface area (Å²) in [4.78, 5) is 0. The molecule has 0 radical (unpaired) electrons. The van der Waals surface area contributed by atoms with E-state index in [4.69, 9.17) is 99.5 Å². The summed E-state index contributed by atoms with van der Waals surface area (Å²) in [5.74, 6) is 0. The molecule has 0 aliphatic carbocycles. The minimum atomic E-state index is -2.69. The molecule has 11 fully saturated rings. The van der Waals surface area contributed by atoms with Crippen LogP contribution in [0.2, 0.25) is 0 Å². The minimum Gasteiger partial charge on any atom is -0.394 e. The second-order valence-electron chi connectivity index (χ2n) is 30.9. The van der Waals surface area contributed by atoms with Crippen LogP contribution in [0.25, 0.3) is 0 Å². The number of aliphatic hydroxyl groups excluding tert-OH is 35. The van der Waals surface area contributed by atoms with Crippen molar-refractivity contribution < 1.29 is 278 Å². The van der Waals surface area contributed by atoms with Gasteiger partial charge in [0.1, 0.15) is 269 Å². The van der Waals surface area contributed by atoms with Gasteiger partial charge in [-0.15, -0.1) is 0 Å². The zero-order chi connectivity index (χ0) is 89.4. The summed E-state index contributed by atoms with van der Waals surface area (Å²) in [6, 6.07) is 0. The van der Waals surface area contributed by atoms with Crippen LogP contribution in [0.3, 0.4) is 0 Å². The fourth-order valence-corrected chi connectivity index (χ4v) is 15.5. The summed E-state index contributed by atoms with van der Waals surface area (Å²) in [7, 11) is 0. The molecule has 0 bridgehead atoms. The largest absolute Gasteiger partial charge is 0.394 e. The molecular weight excluding hydrogens is 1690 g/mol. The standard InChI is InChI=1S/C66H112O56/c67-1-12-23(75)34(86)45(97)57(106-12)102-9-20-31(83)38(90)49(56(101)105-20)116-61-51(40(92)28(80)16(5-71)110-61)121-65-54(43(95)32(84)21(114-65)10-103-58-46(98)35(87)24(76)13(2-68)107-58)120-64-53(42(94)30(82)19(8-74)113-64)122-66-55(44(96)33(85)22(115-66)11-104-59-47(99)36(88)25(77)14(3-69)108-59)119-63-52(41(93)29(81)18(7-73)112-63)118-62-50(39(91)27(79)17(6-72)111-62)117-60-48(100)37(89)26(78)15(4-70)109-60/h12-101H,1-11H2/t12-,13-,14-,15-,16-,17-,18-,19-,20-,21-,22-,23+,24+,25-,26-,27-,28-,29+,30+,31+,32-,33-,34+,35+,36+,37+,38+,39+,40+,41-,42+,43+,44+,45-,46-,47+,48+,49-,50+,51+,52-,53-,54+,55+,56?,57+,58+,59+,60+,61+,62+,63+,64+,65+,66+/m1/s1. The lowest BCUT2D eigenvalue weighted by Gasteiger charge is -2.51. The van der Waals surface area contributed by atoms with Crippen molar-refractivity contribution in [2.24, 2.45) is 0 Å². The SMILES string of the molecule is OC[C@H]1O[C@H](OC[C@H]2OC(O)[C@H](O[C@@H]3O[C@H](CO)[C@@H](O)[C@H](O)[C@@H]3O[C@@H]3O[C@H](CO[C@H]4O[C@H](CO)[C@H](O)[C@H](O)[C@H]4O)[C@@H](O)[C@H](O)[C@@H]3O[C@@H]3O[C@H](CO)[C@H](O)[C@H](O)[C@H]3O[C@@H]3O[C@H](CO[C@H]4O[C@H](CO)[C@@H](O)[C@H](O)[C@@H]4O)[C@@H](O)[C@H](O)[C@@H]3O[C@@H]3O[C@H](CO)[C@H](O)[C@@H](O)[C@H]3O[C@@H]3O[C@H](CO)[C@@H](O)[C@H](O)[C@@H]3O[C@@H]3O[C@H](CO)[C@@H](O)[C@H](O)[C@@H]3O)[C@@H](O)[C@H]2O)[C@H](O)[C@@H](O)[C@H]1O. The van der Waals surface area contributed by atoms with Gasteiger partial charge in [-0.25, -0.2) is 0 Å². The first-order valence-electron chi connectivity index (χ1n) is 38.7. The molecule has 1 unspecified atom stereocenters. The van der Waals surface area contributed by atoms with E-state index in [0.717, 1.165) is 0 Å². The predicted octanol–water partition coefficient (Wildman–Crippen LogP) is -25.0. The van der Waals surface area contributed by atoms with E-state index >= 15 is 0 Å². The third kappa shape index (κ3) is 21.0.